The Morgan fingerprint density at radius 1 is 0.674 bits per heavy atom. The first-order chi connectivity index (χ1) is 19.3. The summed E-state index contributed by atoms with van der Waals surface area (Å²) in [5.74, 6) is 0. The normalized spacial score (nSPS) is 15.0. The Kier molecular flexibility index (Phi) is 12.2. The Balaban J connectivity index is 0.000000973. The Morgan fingerprint density at radius 2 is 1.12 bits per heavy atom. The van der Waals surface area contributed by atoms with Crippen molar-refractivity contribution >= 4 is 26.5 Å². The Bertz CT molecular complexity index is 1420. The zero-order valence-corrected chi connectivity index (χ0v) is 27.6. The van der Waals surface area contributed by atoms with Crippen molar-refractivity contribution in [3.63, 3.8) is 0 Å². The van der Waals surface area contributed by atoms with Crippen LogP contribution in [0.1, 0.15) is 59.6 Å². The van der Waals surface area contributed by atoms with Crippen LogP contribution in [0.5, 0.6) is 0 Å². The van der Waals surface area contributed by atoms with E-state index in [1.54, 1.807) is 0 Å². The van der Waals surface area contributed by atoms with E-state index in [9.17, 15) is 26.3 Å². The summed E-state index contributed by atoms with van der Waals surface area (Å²) in [6, 6.07) is 9.74. The van der Waals surface area contributed by atoms with Crippen LogP contribution in [0.4, 0.5) is 26.3 Å². The number of allylic oxidation sites excluding steroid dienone is 5. The standard InChI is InChI=1S/C29H30F6P2.C5.Fe/c1-19(37(26(2,3)4)27(5,6)7)24-9-8-10-25(24)36(22-15-11-20(12-16-22)28(30,31)32)23-17-13-21(14-18-23)29(33,34)35;1-2-4-5-3-1;/h11-19H,1-7H3;;/q2*-1;+2/t19-;;/m0../s1. The van der Waals surface area contributed by atoms with Gasteiger partial charge in [-0.1, -0.05) is 86.3 Å². The van der Waals surface area contributed by atoms with E-state index in [0.29, 0.717) is 10.6 Å². The first kappa shape index (κ1) is 36.9. The number of hydrogen-bond donors (Lipinski definition) is 0. The Morgan fingerprint density at radius 3 is 1.42 bits per heavy atom. The first-order valence-electron chi connectivity index (χ1n) is 13.0. The van der Waals surface area contributed by atoms with E-state index in [4.69, 9.17) is 0 Å². The monoisotopic (exact) mass is 670 g/mol. The topological polar surface area (TPSA) is 0 Å². The summed E-state index contributed by atoms with van der Waals surface area (Å²) < 4.78 is 79.4. The van der Waals surface area contributed by atoms with E-state index in [1.165, 1.54) is 24.3 Å². The fourth-order valence-electron chi connectivity index (χ4n) is 5.22. The van der Waals surface area contributed by atoms with Gasteiger partial charge in [0.05, 0.1) is 11.1 Å². The Labute approximate surface area is 263 Å². The fourth-order valence-corrected chi connectivity index (χ4v) is 12.5. The molecular formula is C34H30F6FeP2. The third kappa shape index (κ3) is 9.61. The summed E-state index contributed by atoms with van der Waals surface area (Å²) in [7, 11) is -2.13. The van der Waals surface area contributed by atoms with Gasteiger partial charge in [-0.15, -0.1) is 31.5 Å². The number of halogens is 6. The van der Waals surface area contributed by atoms with E-state index in [1.807, 2.05) is 0 Å². The molecule has 0 aromatic heterocycles. The smallest absolute Gasteiger partial charge is 0.288 e. The SMILES string of the molecule is C[C@@H](C1=[C][C-]=C=C1P(c1ccc(C(F)(F)F)cc1)c1ccc(C(F)(F)F)cc1)P(C(C)(C)C)C(C)(C)C.[C]1=C=C=C=[C-]1.[Fe+2]. The summed E-state index contributed by atoms with van der Waals surface area (Å²) in [6.45, 7) is 15.3. The molecule has 0 N–H and O–H groups in total. The second kappa shape index (κ2) is 14.2. The molecule has 0 nitrogen and oxygen atoms in total. The summed E-state index contributed by atoms with van der Waals surface area (Å²) in [5, 5.41) is 1.90. The molecule has 0 unspecified atom stereocenters. The van der Waals surface area contributed by atoms with Gasteiger partial charge in [0.1, 0.15) is 0 Å². The average molecular weight is 670 g/mol. The Hall–Kier alpha value is -2.26. The minimum Gasteiger partial charge on any atom is -0.288 e. The van der Waals surface area contributed by atoms with Gasteiger partial charge in [-0.2, -0.15) is 38.0 Å². The molecule has 2 aliphatic carbocycles. The van der Waals surface area contributed by atoms with Gasteiger partial charge < -0.3 is 0 Å². The van der Waals surface area contributed by atoms with Crippen LogP contribution in [0.2, 0.25) is 0 Å². The molecule has 0 aliphatic heterocycles. The molecule has 0 amide bonds. The molecule has 9 heteroatoms. The molecular weight excluding hydrogens is 640 g/mol. The average Bonchev–Trinajstić information content (AvgIpc) is 3.58. The minimum absolute atomic E-state index is 0. The third-order valence-electron chi connectivity index (χ3n) is 6.33. The van der Waals surface area contributed by atoms with Crippen molar-refractivity contribution in [2.24, 2.45) is 0 Å². The van der Waals surface area contributed by atoms with Gasteiger partial charge in [-0.05, 0) is 45.2 Å². The van der Waals surface area contributed by atoms with Gasteiger partial charge in [0, 0.05) is 0 Å². The number of rotatable bonds is 5. The maximum Gasteiger partial charge on any atom is 2.00 e. The molecule has 0 saturated carbocycles. The van der Waals surface area contributed by atoms with Crippen LogP contribution in [0.3, 0.4) is 0 Å². The predicted octanol–water partition coefficient (Wildman–Crippen LogP) is 9.84. The van der Waals surface area contributed by atoms with Crippen molar-refractivity contribution in [1.82, 2.24) is 0 Å². The van der Waals surface area contributed by atoms with Gasteiger partial charge >= 0.3 is 29.4 Å². The van der Waals surface area contributed by atoms with Crippen molar-refractivity contribution in [2.75, 3.05) is 0 Å². The van der Waals surface area contributed by atoms with Gasteiger partial charge in [0.2, 0.25) is 0 Å². The minimum atomic E-state index is -4.49. The zero-order valence-electron chi connectivity index (χ0n) is 24.7. The molecule has 0 saturated heterocycles. The van der Waals surface area contributed by atoms with E-state index in [0.717, 1.165) is 35.2 Å². The summed E-state index contributed by atoms with van der Waals surface area (Å²) >= 11 is 0. The van der Waals surface area contributed by atoms with E-state index < -0.39 is 39.3 Å². The van der Waals surface area contributed by atoms with Crippen LogP contribution in [0.25, 0.3) is 0 Å². The van der Waals surface area contributed by atoms with Crippen molar-refractivity contribution in [1.29, 1.82) is 0 Å². The number of alkyl halides is 6. The number of benzene rings is 2. The van der Waals surface area contributed by atoms with Crippen LogP contribution in [0.15, 0.2) is 82.3 Å². The zero-order chi connectivity index (χ0) is 31.5. The molecule has 226 valence electrons. The molecule has 0 bridgehead atoms. The predicted molar refractivity (Wildman–Crippen MR) is 159 cm³/mol. The second-order valence-corrected chi connectivity index (χ2v) is 17.9. The molecule has 0 heterocycles. The molecule has 1 atom stereocenters. The molecule has 43 heavy (non-hydrogen) atoms. The quantitative estimate of drug-likeness (QED) is 0.0978. The fraction of sp³-hybridized carbons (Fsp3) is 0.353. The summed E-state index contributed by atoms with van der Waals surface area (Å²) in [4.78, 5) is 0. The van der Waals surface area contributed by atoms with Crippen LogP contribution in [-0.4, -0.2) is 16.0 Å². The van der Waals surface area contributed by atoms with E-state index in [2.05, 4.69) is 95.7 Å². The van der Waals surface area contributed by atoms with Gasteiger partial charge in [0.15, 0.2) is 0 Å². The molecule has 2 aromatic rings. The molecule has 2 radical (unpaired) electrons. The second-order valence-electron chi connectivity index (χ2n) is 11.6. The molecule has 0 fully saturated rings. The van der Waals surface area contributed by atoms with Gasteiger partial charge in [-0.25, -0.2) is 5.73 Å². The van der Waals surface area contributed by atoms with Crippen LogP contribution in [0, 0.1) is 24.3 Å². The first-order valence-corrected chi connectivity index (χ1v) is 15.8. The van der Waals surface area contributed by atoms with Gasteiger partial charge in [-0.3, -0.25) is 17.2 Å². The molecule has 0 spiro atoms. The van der Waals surface area contributed by atoms with E-state index in [-0.39, 0.29) is 33.0 Å². The van der Waals surface area contributed by atoms with Gasteiger partial charge in [0.25, 0.3) is 0 Å². The maximum atomic E-state index is 13.2. The summed E-state index contributed by atoms with van der Waals surface area (Å²) in [6.07, 6.45) is 2.18. The molecule has 2 aromatic carbocycles. The van der Waals surface area contributed by atoms with E-state index >= 15 is 0 Å². The van der Waals surface area contributed by atoms with Crippen LogP contribution in [-0.2, 0) is 29.4 Å². The molecule has 4 rings (SSSR count). The van der Waals surface area contributed by atoms with Crippen molar-refractivity contribution in [3.8, 4) is 0 Å². The maximum absolute atomic E-state index is 13.2. The third-order valence-corrected chi connectivity index (χ3v) is 12.7. The summed E-state index contributed by atoms with van der Waals surface area (Å²) in [5.41, 5.74) is 10.0. The van der Waals surface area contributed by atoms with Crippen LogP contribution < -0.4 is 10.6 Å². The van der Waals surface area contributed by atoms with Crippen molar-refractivity contribution < 1.29 is 43.4 Å². The van der Waals surface area contributed by atoms with Crippen LogP contribution >= 0.6 is 15.8 Å². The van der Waals surface area contributed by atoms with Crippen molar-refractivity contribution in [2.45, 2.75) is 76.8 Å². The largest absolute Gasteiger partial charge is 2.00 e. The molecule has 2 aliphatic rings. The van der Waals surface area contributed by atoms with Crippen molar-refractivity contribution in [3.05, 3.63) is 118 Å². The number of hydrogen-bond acceptors (Lipinski definition) is 0.